The van der Waals surface area contributed by atoms with Crippen molar-refractivity contribution < 1.29 is 10.1 Å². The number of hydrogen-bond acceptors (Lipinski definition) is 1. The highest BCUT2D eigenvalue weighted by molar-refractivity contribution is 5.12. The molecule has 0 amide bonds. The Hall–Kier alpha value is -0.860. The molecule has 0 radical (unpaired) electrons. The number of hydrogen-bond donors (Lipinski definition) is 1. The van der Waals surface area contributed by atoms with Gasteiger partial charge in [0.25, 0.3) is 0 Å². The van der Waals surface area contributed by atoms with Crippen LogP contribution in [0.3, 0.4) is 0 Å². The van der Waals surface area contributed by atoms with Gasteiger partial charge in [0.2, 0.25) is 0 Å². The van der Waals surface area contributed by atoms with E-state index in [4.69, 9.17) is 4.74 Å². The third-order valence-corrected chi connectivity index (χ3v) is 2.68. The lowest BCUT2D eigenvalue weighted by Gasteiger charge is -2.07. The zero-order chi connectivity index (χ0) is 9.64. The minimum atomic E-state index is 0.499. The molecule has 1 heterocycles. The molecule has 2 N–H and O–H groups in total. The first-order chi connectivity index (χ1) is 6.95. The Morgan fingerprint density at radius 2 is 2.14 bits per heavy atom. The summed E-state index contributed by atoms with van der Waals surface area (Å²) in [6.07, 6.45) is 2.98. The van der Waals surface area contributed by atoms with Gasteiger partial charge in [-0.2, -0.15) is 0 Å². The van der Waals surface area contributed by atoms with Crippen molar-refractivity contribution in [2.75, 3.05) is 13.2 Å². The maximum Gasteiger partial charge on any atom is 0.106 e. The maximum absolute atomic E-state index is 5.56. The highest BCUT2D eigenvalue weighted by Gasteiger charge is 2.16. The standard InChI is InChI=1S/C12H17NO/c1-2-5-11(6-3-1)9-13-10-12-7-4-8-14-12/h1-3,5-6,12-13H,4,7-10H2/p+1/t12-/m1/s1. The Labute approximate surface area is 85.3 Å². The van der Waals surface area contributed by atoms with E-state index in [0.717, 1.165) is 19.7 Å². The van der Waals surface area contributed by atoms with Gasteiger partial charge in [0.15, 0.2) is 0 Å². The van der Waals surface area contributed by atoms with Gasteiger partial charge in [0, 0.05) is 12.2 Å². The van der Waals surface area contributed by atoms with Crippen LogP contribution in [-0.2, 0) is 11.3 Å². The molecule has 0 unspecified atom stereocenters. The van der Waals surface area contributed by atoms with Crippen LogP contribution in [0, 0.1) is 0 Å². The SMILES string of the molecule is c1ccc(C[NH2+]C[C@H]2CCCO2)cc1. The largest absolute Gasteiger partial charge is 0.372 e. The molecule has 1 aromatic carbocycles. The molecule has 1 saturated heterocycles. The molecule has 0 aliphatic carbocycles. The molecular weight excluding hydrogens is 174 g/mol. The summed E-state index contributed by atoms with van der Waals surface area (Å²) < 4.78 is 5.56. The lowest BCUT2D eigenvalue weighted by atomic mass is 10.2. The van der Waals surface area contributed by atoms with Crippen LogP contribution >= 0.6 is 0 Å². The van der Waals surface area contributed by atoms with Crippen molar-refractivity contribution in [3.05, 3.63) is 35.9 Å². The zero-order valence-electron chi connectivity index (χ0n) is 8.49. The van der Waals surface area contributed by atoms with Gasteiger partial charge in [-0.3, -0.25) is 0 Å². The normalized spacial score (nSPS) is 21.3. The number of rotatable bonds is 4. The van der Waals surface area contributed by atoms with Crippen molar-refractivity contribution in [3.8, 4) is 0 Å². The van der Waals surface area contributed by atoms with Crippen LogP contribution in [0.25, 0.3) is 0 Å². The number of quaternary nitrogens is 1. The monoisotopic (exact) mass is 192 g/mol. The van der Waals surface area contributed by atoms with E-state index in [-0.39, 0.29) is 0 Å². The van der Waals surface area contributed by atoms with Crippen LogP contribution in [0.15, 0.2) is 30.3 Å². The second-order valence-electron chi connectivity index (χ2n) is 3.85. The molecule has 1 aromatic rings. The summed E-state index contributed by atoms with van der Waals surface area (Å²) in [6.45, 7) is 3.14. The highest BCUT2D eigenvalue weighted by Crippen LogP contribution is 2.09. The number of benzene rings is 1. The fraction of sp³-hybridized carbons (Fsp3) is 0.500. The fourth-order valence-electron chi connectivity index (χ4n) is 1.88. The second kappa shape index (κ2) is 5.13. The lowest BCUT2D eigenvalue weighted by Crippen LogP contribution is -2.84. The summed E-state index contributed by atoms with van der Waals surface area (Å²) in [5.74, 6) is 0. The quantitative estimate of drug-likeness (QED) is 0.754. The van der Waals surface area contributed by atoms with Crippen LogP contribution in [-0.4, -0.2) is 19.3 Å². The van der Waals surface area contributed by atoms with E-state index in [9.17, 15) is 0 Å². The van der Waals surface area contributed by atoms with E-state index in [1.165, 1.54) is 18.4 Å². The van der Waals surface area contributed by atoms with Crippen molar-refractivity contribution in [2.24, 2.45) is 0 Å². The third-order valence-electron chi connectivity index (χ3n) is 2.68. The molecule has 1 fully saturated rings. The van der Waals surface area contributed by atoms with Gasteiger partial charge < -0.3 is 10.1 Å². The van der Waals surface area contributed by atoms with Crippen molar-refractivity contribution in [1.29, 1.82) is 0 Å². The summed E-state index contributed by atoms with van der Waals surface area (Å²) in [4.78, 5) is 0. The van der Waals surface area contributed by atoms with Gasteiger partial charge in [-0.15, -0.1) is 0 Å². The van der Waals surface area contributed by atoms with E-state index >= 15 is 0 Å². The van der Waals surface area contributed by atoms with Crippen molar-refractivity contribution >= 4 is 0 Å². The van der Waals surface area contributed by atoms with Crippen LogP contribution in [0.1, 0.15) is 18.4 Å². The Bertz CT molecular complexity index is 254. The van der Waals surface area contributed by atoms with E-state index in [1.807, 2.05) is 0 Å². The Morgan fingerprint density at radius 1 is 1.29 bits per heavy atom. The average molecular weight is 192 g/mol. The minimum Gasteiger partial charge on any atom is -0.372 e. The topological polar surface area (TPSA) is 25.8 Å². The number of ether oxygens (including phenoxy) is 1. The van der Waals surface area contributed by atoms with Gasteiger partial charge in [-0.25, -0.2) is 0 Å². The summed E-state index contributed by atoms with van der Waals surface area (Å²) in [5, 5.41) is 2.34. The van der Waals surface area contributed by atoms with E-state index < -0.39 is 0 Å². The molecule has 0 spiro atoms. The maximum atomic E-state index is 5.56. The molecule has 14 heavy (non-hydrogen) atoms. The average Bonchev–Trinajstić information content (AvgIpc) is 2.72. The third kappa shape index (κ3) is 2.82. The van der Waals surface area contributed by atoms with E-state index in [1.54, 1.807) is 0 Å². The molecule has 76 valence electrons. The van der Waals surface area contributed by atoms with Crippen molar-refractivity contribution in [2.45, 2.75) is 25.5 Å². The molecule has 0 bridgehead atoms. The predicted octanol–water partition coefficient (Wildman–Crippen LogP) is 0.929. The van der Waals surface area contributed by atoms with Gasteiger partial charge in [-0.1, -0.05) is 30.3 Å². The zero-order valence-corrected chi connectivity index (χ0v) is 8.49. The lowest BCUT2D eigenvalue weighted by molar-refractivity contribution is -0.676. The van der Waals surface area contributed by atoms with E-state index in [2.05, 4.69) is 35.6 Å². The summed E-state index contributed by atoms with van der Waals surface area (Å²) in [7, 11) is 0. The predicted molar refractivity (Wildman–Crippen MR) is 55.9 cm³/mol. The summed E-state index contributed by atoms with van der Waals surface area (Å²) in [5.41, 5.74) is 1.39. The minimum absolute atomic E-state index is 0.499. The molecule has 1 aliphatic heterocycles. The highest BCUT2D eigenvalue weighted by atomic mass is 16.5. The number of nitrogens with two attached hydrogens (primary N) is 1. The molecule has 0 saturated carbocycles. The van der Waals surface area contributed by atoms with Gasteiger partial charge in [0.1, 0.15) is 19.2 Å². The van der Waals surface area contributed by atoms with E-state index in [0.29, 0.717) is 6.10 Å². The van der Waals surface area contributed by atoms with Gasteiger partial charge >= 0.3 is 0 Å². The molecule has 2 heteroatoms. The van der Waals surface area contributed by atoms with Crippen LogP contribution in [0.2, 0.25) is 0 Å². The van der Waals surface area contributed by atoms with Crippen LogP contribution in [0.5, 0.6) is 0 Å². The first-order valence-corrected chi connectivity index (χ1v) is 5.42. The summed E-state index contributed by atoms with van der Waals surface area (Å²) >= 11 is 0. The summed E-state index contributed by atoms with van der Waals surface area (Å²) in [6, 6.07) is 10.6. The smallest absolute Gasteiger partial charge is 0.106 e. The molecule has 2 rings (SSSR count). The van der Waals surface area contributed by atoms with Gasteiger partial charge in [-0.05, 0) is 12.8 Å². The fourth-order valence-corrected chi connectivity index (χ4v) is 1.88. The first kappa shape index (κ1) is 9.69. The first-order valence-electron chi connectivity index (χ1n) is 5.42. The van der Waals surface area contributed by atoms with Gasteiger partial charge in [0.05, 0.1) is 0 Å². The Morgan fingerprint density at radius 3 is 2.86 bits per heavy atom. The molecule has 1 aliphatic rings. The molecule has 1 atom stereocenters. The molecular formula is C12H18NO+. The van der Waals surface area contributed by atoms with Crippen LogP contribution < -0.4 is 5.32 Å². The van der Waals surface area contributed by atoms with Crippen molar-refractivity contribution in [1.82, 2.24) is 0 Å². The van der Waals surface area contributed by atoms with Crippen molar-refractivity contribution in [3.63, 3.8) is 0 Å². The molecule has 0 aromatic heterocycles. The Kier molecular flexibility index (Phi) is 3.55. The Balaban J connectivity index is 1.67. The molecule has 2 nitrogen and oxygen atoms in total. The second-order valence-corrected chi connectivity index (χ2v) is 3.85. The van der Waals surface area contributed by atoms with Crippen LogP contribution in [0.4, 0.5) is 0 Å².